The highest BCUT2D eigenvalue weighted by Crippen LogP contribution is 2.17. The standard InChI is InChI=1S/C17H19FN2O2/c1-2-10-22-16-5-3-4-15(11-16)19-12-17(21)20-14-8-6-13(18)7-9-14/h3-9,11,19H,2,10,12H2,1H3,(H,20,21). The topological polar surface area (TPSA) is 50.4 Å². The molecule has 0 aliphatic rings. The maximum absolute atomic E-state index is 12.8. The van der Waals surface area contributed by atoms with Gasteiger partial charge in [-0.1, -0.05) is 13.0 Å². The van der Waals surface area contributed by atoms with Crippen molar-refractivity contribution < 1.29 is 13.9 Å². The van der Waals surface area contributed by atoms with E-state index in [9.17, 15) is 9.18 Å². The van der Waals surface area contributed by atoms with Crippen molar-refractivity contribution >= 4 is 17.3 Å². The number of ether oxygens (including phenoxy) is 1. The van der Waals surface area contributed by atoms with E-state index in [2.05, 4.69) is 10.6 Å². The third-order valence-corrected chi connectivity index (χ3v) is 2.89. The van der Waals surface area contributed by atoms with E-state index in [0.29, 0.717) is 12.3 Å². The summed E-state index contributed by atoms with van der Waals surface area (Å²) in [4.78, 5) is 11.8. The Morgan fingerprint density at radius 2 is 1.91 bits per heavy atom. The third-order valence-electron chi connectivity index (χ3n) is 2.89. The molecular formula is C17H19FN2O2. The molecule has 2 rings (SSSR count). The minimum Gasteiger partial charge on any atom is -0.494 e. The van der Waals surface area contributed by atoms with E-state index in [-0.39, 0.29) is 18.3 Å². The zero-order chi connectivity index (χ0) is 15.8. The summed E-state index contributed by atoms with van der Waals surface area (Å²) in [6.07, 6.45) is 0.942. The van der Waals surface area contributed by atoms with Crippen LogP contribution in [-0.4, -0.2) is 19.1 Å². The SMILES string of the molecule is CCCOc1cccc(NCC(=O)Nc2ccc(F)cc2)c1. The number of halogens is 1. The molecule has 5 heteroatoms. The van der Waals surface area contributed by atoms with Crippen LogP contribution in [0.15, 0.2) is 48.5 Å². The van der Waals surface area contributed by atoms with Gasteiger partial charge in [-0.15, -0.1) is 0 Å². The summed E-state index contributed by atoms with van der Waals surface area (Å²) in [6.45, 7) is 2.82. The van der Waals surface area contributed by atoms with Crippen molar-refractivity contribution in [1.29, 1.82) is 0 Å². The first-order valence-corrected chi connectivity index (χ1v) is 7.19. The normalized spacial score (nSPS) is 10.1. The smallest absolute Gasteiger partial charge is 0.243 e. The van der Waals surface area contributed by atoms with Gasteiger partial charge < -0.3 is 15.4 Å². The highest BCUT2D eigenvalue weighted by Gasteiger charge is 2.03. The van der Waals surface area contributed by atoms with E-state index in [1.165, 1.54) is 24.3 Å². The Morgan fingerprint density at radius 3 is 2.64 bits per heavy atom. The molecule has 2 aromatic carbocycles. The van der Waals surface area contributed by atoms with Crippen LogP contribution in [0, 0.1) is 5.82 Å². The van der Waals surface area contributed by atoms with Gasteiger partial charge in [-0.2, -0.15) is 0 Å². The van der Waals surface area contributed by atoms with E-state index in [1.807, 2.05) is 31.2 Å². The van der Waals surface area contributed by atoms with Gasteiger partial charge in [-0.25, -0.2) is 4.39 Å². The Kier molecular flexibility index (Phi) is 5.77. The molecule has 2 N–H and O–H groups in total. The number of amides is 1. The van der Waals surface area contributed by atoms with Gasteiger partial charge in [0.25, 0.3) is 0 Å². The van der Waals surface area contributed by atoms with Crippen LogP contribution < -0.4 is 15.4 Å². The van der Waals surface area contributed by atoms with Gasteiger partial charge >= 0.3 is 0 Å². The van der Waals surface area contributed by atoms with Crippen LogP contribution in [0.1, 0.15) is 13.3 Å². The molecule has 22 heavy (non-hydrogen) atoms. The van der Waals surface area contributed by atoms with E-state index in [4.69, 9.17) is 4.74 Å². The number of hydrogen-bond donors (Lipinski definition) is 2. The van der Waals surface area contributed by atoms with Crippen molar-refractivity contribution in [2.45, 2.75) is 13.3 Å². The summed E-state index contributed by atoms with van der Waals surface area (Å²) in [5.41, 5.74) is 1.37. The fraction of sp³-hybridized carbons (Fsp3) is 0.235. The lowest BCUT2D eigenvalue weighted by atomic mass is 10.3. The molecule has 0 bridgehead atoms. The van der Waals surface area contributed by atoms with E-state index < -0.39 is 0 Å². The Morgan fingerprint density at radius 1 is 1.14 bits per heavy atom. The summed E-state index contributed by atoms with van der Waals surface area (Å²) in [6, 6.07) is 13.1. The van der Waals surface area contributed by atoms with Crippen molar-refractivity contribution in [1.82, 2.24) is 0 Å². The minimum absolute atomic E-state index is 0.120. The Hall–Kier alpha value is -2.56. The maximum atomic E-state index is 12.8. The largest absolute Gasteiger partial charge is 0.494 e. The predicted molar refractivity (Wildman–Crippen MR) is 85.7 cm³/mol. The van der Waals surface area contributed by atoms with Crippen LogP contribution in [0.25, 0.3) is 0 Å². The summed E-state index contributed by atoms with van der Waals surface area (Å²) in [5, 5.41) is 5.72. The highest BCUT2D eigenvalue weighted by molar-refractivity contribution is 5.93. The van der Waals surface area contributed by atoms with Crippen molar-refractivity contribution in [3.63, 3.8) is 0 Å². The molecule has 0 saturated heterocycles. The van der Waals surface area contributed by atoms with Gasteiger partial charge in [0.05, 0.1) is 13.2 Å². The monoisotopic (exact) mass is 302 g/mol. The van der Waals surface area contributed by atoms with Gasteiger partial charge in [0, 0.05) is 17.4 Å². The molecule has 0 aliphatic carbocycles. The molecular weight excluding hydrogens is 283 g/mol. The Bertz CT molecular complexity index is 614. The van der Waals surface area contributed by atoms with Crippen molar-refractivity contribution in [2.75, 3.05) is 23.8 Å². The average Bonchev–Trinajstić information content (AvgIpc) is 2.53. The van der Waals surface area contributed by atoms with Crippen molar-refractivity contribution in [2.24, 2.45) is 0 Å². The molecule has 116 valence electrons. The van der Waals surface area contributed by atoms with Gasteiger partial charge in [-0.3, -0.25) is 4.79 Å². The fourth-order valence-electron chi connectivity index (χ4n) is 1.84. The summed E-state index contributed by atoms with van der Waals surface area (Å²) < 4.78 is 18.3. The fourth-order valence-corrected chi connectivity index (χ4v) is 1.84. The van der Waals surface area contributed by atoms with E-state index in [1.54, 1.807) is 0 Å². The van der Waals surface area contributed by atoms with Crippen LogP contribution in [0.5, 0.6) is 5.75 Å². The molecule has 2 aromatic rings. The van der Waals surface area contributed by atoms with Gasteiger partial charge in [0.1, 0.15) is 11.6 Å². The van der Waals surface area contributed by atoms with Crippen LogP contribution in [0.3, 0.4) is 0 Å². The zero-order valence-electron chi connectivity index (χ0n) is 12.4. The summed E-state index contributed by atoms with van der Waals surface area (Å²) in [7, 11) is 0. The molecule has 0 spiro atoms. The summed E-state index contributed by atoms with van der Waals surface area (Å²) in [5.74, 6) is 0.234. The van der Waals surface area contributed by atoms with Crippen molar-refractivity contribution in [3.05, 3.63) is 54.3 Å². The molecule has 0 atom stereocenters. The van der Waals surface area contributed by atoms with Crippen LogP contribution in [-0.2, 0) is 4.79 Å². The number of benzene rings is 2. The van der Waals surface area contributed by atoms with Crippen molar-refractivity contribution in [3.8, 4) is 5.75 Å². The summed E-state index contributed by atoms with van der Waals surface area (Å²) >= 11 is 0. The lowest BCUT2D eigenvalue weighted by Gasteiger charge is -2.10. The second-order valence-corrected chi connectivity index (χ2v) is 4.78. The minimum atomic E-state index is -0.333. The van der Waals surface area contributed by atoms with E-state index in [0.717, 1.165) is 17.9 Å². The van der Waals surface area contributed by atoms with Crippen LogP contribution >= 0.6 is 0 Å². The van der Waals surface area contributed by atoms with Crippen LogP contribution in [0.2, 0.25) is 0 Å². The number of hydrogen-bond acceptors (Lipinski definition) is 3. The lowest BCUT2D eigenvalue weighted by molar-refractivity contribution is -0.114. The second-order valence-electron chi connectivity index (χ2n) is 4.78. The number of carbonyl (C=O) groups is 1. The number of nitrogens with one attached hydrogen (secondary N) is 2. The molecule has 0 aromatic heterocycles. The van der Waals surface area contributed by atoms with Gasteiger partial charge in [0.15, 0.2) is 0 Å². The van der Waals surface area contributed by atoms with Gasteiger partial charge in [0.2, 0.25) is 5.91 Å². The molecule has 0 radical (unpaired) electrons. The number of rotatable bonds is 7. The molecule has 0 saturated carbocycles. The molecule has 0 fully saturated rings. The van der Waals surface area contributed by atoms with Crippen LogP contribution in [0.4, 0.5) is 15.8 Å². The molecule has 1 amide bonds. The Balaban J connectivity index is 1.84. The Labute approximate surface area is 129 Å². The van der Waals surface area contributed by atoms with Gasteiger partial charge in [-0.05, 0) is 42.8 Å². The number of carbonyl (C=O) groups excluding carboxylic acids is 1. The molecule has 0 aliphatic heterocycles. The second kappa shape index (κ2) is 8.02. The first-order chi connectivity index (χ1) is 10.7. The lowest BCUT2D eigenvalue weighted by Crippen LogP contribution is -2.21. The first kappa shape index (κ1) is 15.8. The predicted octanol–water partition coefficient (Wildman–Crippen LogP) is 3.67. The first-order valence-electron chi connectivity index (χ1n) is 7.19. The maximum Gasteiger partial charge on any atom is 0.243 e. The highest BCUT2D eigenvalue weighted by atomic mass is 19.1. The average molecular weight is 302 g/mol. The molecule has 4 nitrogen and oxygen atoms in total. The quantitative estimate of drug-likeness (QED) is 0.820. The third kappa shape index (κ3) is 5.09. The van der Waals surface area contributed by atoms with E-state index >= 15 is 0 Å². The molecule has 0 heterocycles. The number of anilines is 2. The zero-order valence-corrected chi connectivity index (χ0v) is 12.4. The molecule has 0 unspecified atom stereocenters.